The van der Waals surface area contributed by atoms with Gasteiger partial charge in [-0.2, -0.15) is 0 Å². The van der Waals surface area contributed by atoms with E-state index >= 15 is 0 Å². The maximum Gasteiger partial charge on any atom is 0.154 e. The second-order valence-electron chi connectivity index (χ2n) is 9.61. The van der Waals surface area contributed by atoms with Crippen LogP contribution in [-0.4, -0.2) is 11.3 Å². The monoisotopic (exact) mass is 549 g/mol. The number of nitrogens with one attached hydrogen (secondary N) is 1. The lowest BCUT2D eigenvalue weighted by Crippen LogP contribution is -2.37. The molecule has 2 aromatic rings. The van der Waals surface area contributed by atoms with Crippen LogP contribution in [0, 0.1) is 0 Å². The molecule has 0 amide bonds. The predicted octanol–water partition coefficient (Wildman–Crippen LogP) is 10.3. The number of carbonyl (C=O) groups excluding carboxylic acids is 1. The van der Waals surface area contributed by atoms with Gasteiger partial charge in [0.2, 0.25) is 0 Å². The highest BCUT2D eigenvalue weighted by Gasteiger charge is 2.14. The van der Waals surface area contributed by atoms with Crippen molar-refractivity contribution in [2.24, 2.45) is 0 Å². The van der Waals surface area contributed by atoms with E-state index in [9.17, 15) is 4.79 Å². The summed E-state index contributed by atoms with van der Waals surface area (Å²) in [6.07, 6.45) is 4.70. The van der Waals surface area contributed by atoms with Crippen LogP contribution in [0.5, 0.6) is 5.75 Å². The number of rotatable bonds is 10. The number of Topliss-reactive ketones (excluding diaryl/α,β-unsaturated/α-hetero) is 1. The van der Waals surface area contributed by atoms with Crippen molar-refractivity contribution < 1.29 is 9.53 Å². The number of allylic oxidation sites excluding steroid dienone is 3. The molecule has 39 heavy (non-hydrogen) atoms. The molecule has 0 unspecified atom stereocenters. The zero-order valence-corrected chi connectivity index (χ0v) is 25.9. The molecule has 0 aliphatic rings. The van der Waals surface area contributed by atoms with E-state index in [1.807, 2.05) is 68.5 Å². The minimum Gasteiger partial charge on any atom is -0.463 e. The first-order chi connectivity index (χ1) is 18.1. The topological polar surface area (TPSA) is 38.3 Å². The van der Waals surface area contributed by atoms with Gasteiger partial charge in [-0.25, -0.2) is 0 Å². The Labute approximate surface area is 243 Å². The van der Waals surface area contributed by atoms with Crippen molar-refractivity contribution >= 4 is 29.5 Å². The molecule has 0 aromatic heterocycles. The van der Waals surface area contributed by atoms with E-state index in [-0.39, 0.29) is 11.3 Å². The molecular formula is C35H48ClNO2. The SMILES string of the molecule is C=C(C)C(=C)NC(C)(C)CC.C=C(C)C(C)=O.C=Cc1ccc(CCl)cc1.C=Cc1ccc(OC(=C)C)cc1. The number of benzene rings is 2. The van der Waals surface area contributed by atoms with E-state index in [0.717, 1.165) is 40.1 Å². The smallest absolute Gasteiger partial charge is 0.154 e. The van der Waals surface area contributed by atoms with Crippen LogP contribution in [0.3, 0.4) is 0 Å². The van der Waals surface area contributed by atoms with Crippen LogP contribution in [0.15, 0.2) is 111 Å². The van der Waals surface area contributed by atoms with Crippen LogP contribution < -0.4 is 10.1 Å². The molecule has 0 heterocycles. The molecule has 3 nitrogen and oxygen atoms in total. The highest BCUT2D eigenvalue weighted by atomic mass is 35.5. The first-order valence-corrected chi connectivity index (χ1v) is 13.3. The van der Waals surface area contributed by atoms with Crippen LogP contribution in [0.2, 0.25) is 0 Å². The Morgan fingerprint density at radius 1 is 0.846 bits per heavy atom. The van der Waals surface area contributed by atoms with Gasteiger partial charge in [-0.15, -0.1) is 11.6 Å². The lowest BCUT2D eigenvalue weighted by molar-refractivity contribution is -0.113. The fraction of sp³-hybridized carbons (Fsp3) is 0.286. The molecule has 0 fully saturated rings. The minimum absolute atomic E-state index is 0.0648. The average molecular weight is 550 g/mol. The first-order valence-electron chi connectivity index (χ1n) is 12.7. The lowest BCUT2D eigenvalue weighted by atomic mass is 10.0. The molecule has 1 N–H and O–H groups in total. The third-order valence-corrected chi connectivity index (χ3v) is 5.58. The first kappa shape index (κ1) is 37.6. The summed E-state index contributed by atoms with van der Waals surface area (Å²) in [5.74, 6) is 2.15. The summed E-state index contributed by atoms with van der Waals surface area (Å²) in [5.41, 5.74) is 6.07. The largest absolute Gasteiger partial charge is 0.463 e. The Morgan fingerprint density at radius 2 is 1.26 bits per heavy atom. The van der Waals surface area contributed by atoms with Gasteiger partial charge < -0.3 is 10.1 Å². The Kier molecular flexibility index (Phi) is 19.7. The molecule has 0 atom stereocenters. The van der Waals surface area contributed by atoms with Gasteiger partial charge in [0, 0.05) is 17.1 Å². The zero-order valence-electron chi connectivity index (χ0n) is 25.1. The number of alkyl halides is 1. The van der Waals surface area contributed by atoms with Crippen molar-refractivity contribution in [1.82, 2.24) is 5.32 Å². The molecule has 2 aromatic carbocycles. The molecular weight excluding hydrogens is 502 g/mol. The van der Waals surface area contributed by atoms with Gasteiger partial charge >= 0.3 is 0 Å². The maximum atomic E-state index is 10.0. The molecule has 2 rings (SSSR count). The van der Waals surface area contributed by atoms with E-state index in [1.165, 1.54) is 6.92 Å². The van der Waals surface area contributed by atoms with Gasteiger partial charge in [0.15, 0.2) is 5.78 Å². The second kappa shape index (κ2) is 20.4. The fourth-order valence-corrected chi connectivity index (χ4v) is 2.40. The molecule has 0 saturated carbocycles. The van der Waals surface area contributed by atoms with E-state index in [0.29, 0.717) is 17.2 Å². The van der Waals surface area contributed by atoms with E-state index in [2.05, 4.69) is 65.6 Å². The fourth-order valence-electron chi connectivity index (χ4n) is 2.22. The summed E-state index contributed by atoms with van der Waals surface area (Å²) < 4.78 is 5.28. The Bertz CT molecular complexity index is 1080. The predicted molar refractivity (Wildman–Crippen MR) is 175 cm³/mol. The van der Waals surface area contributed by atoms with Crippen LogP contribution in [0.4, 0.5) is 0 Å². The molecule has 0 aliphatic heterocycles. The number of ketones is 1. The number of ether oxygens (including phenoxy) is 1. The van der Waals surface area contributed by atoms with Crippen molar-refractivity contribution in [3.05, 3.63) is 127 Å². The third kappa shape index (κ3) is 20.1. The van der Waals surface area contributed by atoms with Gasteiger partial charge in [-0.1, -0.05) is 94.9 Å². The molecule has 212 valence electrons. The van der Waals surface area contributed by atoms with Crippen LogP contribution in [-0.2, 0) is 10.7 Å². The highest BCUT2D eigenvalue weighted by molar-refractivity contribution is 6.17. The van der Waals surface area contributed by atoms with Crippen molar-refractivity contribution in [2.45, 2.75) is 66.3 Å². The van der Waals surface area contributed by atoms with E-state index in [1.54, 1.807) is 13.0 Å². The standard InChI is InChI=1S/C11H12O.C10H19N.C9H9Cl.C5H8O/c1-4-10-5-7-11(8-6-10)12-9(2)3;1-7-10(5,6)11-9(4)8(2)3;1-2-8-3-5-9(7-10)6-4-8;1-4(2)5(3)6/h4-8H,1-2H2,3H3;11H,2,4,7H2,1,3,5-6H3;2-6H,1,7H2;1H2,2-3H3. The normalized spacial score (nSPS) is 9.44. The maximum absolute atomic E-state index is 10.0. The third-order valence-electron chi connectivity index (χ3n) is 5.27. The van der Waals surface area contributed by atoms with Crippen LogP contribution in [0.25, 0.3) is 12.2 Å². The quantitative estimate of drug-likeness (QED) is 0.139. The Balaban J connectivity index is 0. The van der Waals surface area contributed by atoms with Crippen molar-refractivity contribution in [2.75, 3.05) is 0 Å². The van der Waals surface area contributed by atoms with E-state index < -0.39 is 0 Å². The van der Waals surface area contributed by atoms with Gasteiger partial charge in [0.25, 0.3) is 0 Å². The van der Waals surface area contributed by atoms with Crippen molar-refractivity contribution in [3.8, 4) is 5.75 Å². The van der Waals surface area contributed by atoms with Crippen molar-refractivity contribution in [1.29, 1.82) is 0 Å². The molecule has 0 radical (unpaired) electrons. The van der Waals surface area contributed by atoms with Gasteiger partial charge in [-0.05, 0) is 87.9 Å². The number of hydrogen-bond acceptors (Lipinski definition) is 3. The molecule has 0 aliphatic carbocycles. The summed E-state index contributed by atoms with van der Waals surface area (Å²) in [6.45, 7) is 35.5. The summed E-state index contributed by atoms with van der Waals surface area (Å²) in [7, 11) is 0. The number of halogens is 1. The zero-order chi connectivity index (χ0) is 30.6. The summed E-state index contributed by atoms with van der Waals surface area (Å²) in [5, 5.41) is 3.31. The number of carbonyl (C=O) groups is 1. The van der Waals surface area contributed by atoms with Gasteiger partial charge in [0.1, 0.15) is 5.75 Å². The van der Waals surface area contributed by atoms with Crippen LogP contribution in [0.1, 0.15) is 71.6 Å². The Hall–Kier alpha value is -3.56. The molecule has 0 spiro atoms. The summed E-state index contributed by atoms with van der Waals surface area (Å²) in [4.78, 5) is 10.0. The molecule has 0 saturated heterocycles. The van der Waals surface area contributed by atoms with Gasteiger partial charge in [0.05, 0.1) is 5.76 Å². The second-order valence-corrected chi connectivity index (χ2v) is 9.88. The van der Waals surface area contributed by atoms with Gasteiger partial charge in [-0.3, -0.25) is 4.79 Å². The summed E-state index contributed by atoms with van der Waals surface area (Å²) in [6, 6.07) is 15.7. The van der Waals surface area contributed by atoms with E-state index in [4.69, 9.17) is 16.3 Å². The van der Waals surface area contributed by atoms with Crippen molar-refractivity contribution in [3.63, 3.8) is 0 Å². The average Bonchev–Trinajstić information content (AvgIpc) is 2.89. The number of hydrogen-bond donors (Lipinski definition) is 1. The Morgan fingerprint density at radius 3 is 1.54 bits per heavy atom. The summed E-state index contributed by atoms with van der Waals surface area (Å²) >= 11 is 5.60. The van der Waals surface area contributed by atoms with Crippen LogP contribution >= 0.6 is 11.6 Å². The highest BCUT2D eigenvalue weighted by Crippen LogP contribution is 2.15. The molecule has 0 bridgehead atoms. The lowest BCUT2D eigenvalue weighted by Gasteiger charge is -2.27. The minimum atomic E-state index is 0.0648. The molecule has 4 heteroatoms.